The summed E-state index contributed by atoms with van der Waals surface area (Å²) in [5, 5.41) is 2.60. The van der Waals surface area contributed by atoms with Gasteiger partial charge in [0.2, 0.25) is 11.8 Å². The molecule has 0 aromatic heterocycles. The van der Waals surface area contributed by atoms with Crippen LogP contribution in [0, 0.1) is 11.8 Å². The molecule has 0 spiro atoms. The summed E-state index contributed by atoms with van der Waals surface area (Å²) in [6.45, 7) is 0.992. The van der Waals surface area contributed by atoms with E-state index in [2.05, 4.69) is 5.32 Å². The molecule has 0 unspecified atom stereocenters. The summed E-state index contributed by atoms with van der Waals surface area (Å²) in [6.07, 6.45) is 3.22. The number of para-hydroxylation sites is 1. The topological polar surface area (TPSA) is 92.8 Å². The predicted molar refractivity (Wildman–Crippen MR) is 92.8 cm³/mol. The highest BCUT2D eigenvalue weighted by Crippen LogP contribution is 2.38. The van der Waals surface area contributed by atoms with Crippen LogP contribution in [-0.2, 0) is 23.9 Å². The summed E-state index contributed by atoms with van der Waals surface area (Å²) < 4.78 is 5.00. The Bertz CT molecular complexity index is 694. The average Bonchev–Trinajstić information content (AvgIpc) is 2.91. The highest BCUT2D eigenvalue weighted by atomic mass is 16.5. The number of fused-ring (bicyclic) bond motifs is 1. The number of ether oxygens (including phenoxy) is 1. The molecule has 1 saturated carbocycles. The zero-order valence-electron chi connectivity index (χ0n) is 14.6. The largest absolute Gasteiger partial charge is 0.454 e. The number of rotatable bonds is 5. The second-order valence-electron chi connectivity index (χ2n) is 6.74. The molecule has 3 rings (SSSR count). The number of imide groups is 1. The third-order valence-electron chi connectivity index (χ3n) is 5.01. The van der Waals surface area contributed by atoms with Gasteiger partial charge in [-0.05, 0) is 31.9 Å². The van der Waals surface area contributed by atoms with Crippen LogP contribution in [0.1, 0.15) is 32.6 Å². The molecule has 3 amide bonds. The Morgan fingerprint density at radius 1 is 1.12 bits per heavy atom. The predicted octanol–water partition coefficient (Wildman–Crippen LogP) is 1.73. The molecule has 1 heterocycles. The lowest BCUT2D eigenvalue weighted by molar-refractivity contribution is -0.159. The van der Waals surface area contributed by atoms with Gasteiger partial charge in [0, 0.05) is 5.69 Å². The number of benzene rings is 1. The molecular weight excluding hydrogens is 336 g/mol. The van der Waals surface area contributed by atoms with Gasteiger partial charge in [0.15, 0.2) is 6.61 Å². The number of anilines is 1. The number of nitrogens with one attached hydrogen (secondary N) is 1. The van der Waals surface area contributed by atoms with Crippen molar-refractivity contribution in [1.29, 1.82) is 0 Å². The molecule has 7 heteroatoms. The highest BCUT2D eigenvalue weighted by Gasteiger charge is 2.51. The van der Waals surface area contributed by atoms with Crippen LogP contribution < -0.4 is 5.32 Å². The lowest BCUT2D eigenvalue weighted by atomic mass is 9.81. The minimum Gasteiger partial charge on any atom is -0.454 e. The zero-order chi connectivity index (χ0) is 18.7. The summed E-state index contributed by atoms with van der Waals surface area (Å²) in [5.41, 5.74) is 0.593. The van der Waals surface area contributed by atoms with Crippen molar-refractivity contribution in [2.24, 2.45) is 11.8 Å². The third kappa shape index (κ3) is 3.61. The quantitative estimate of drug-likeness (QED) is 0.639. The number of hydrogen-bond donors (Lipinski definition) is 1. The molecule has 26 heavy (non-hydrogen) atoms. The molecule has 1 aliphatic carbocycles. The molecule has 0 radical (unpaired) electrons. The van der Waals surface area contributed by atoms with E-state index in [0.29, 0.717) is 18.5 Å². The summed E-state index contributed by atoms with van der Waals surface area (Å²) in [4.78, 5) is 50.1. The fourth-order valence-corrected chi connectivity index (χ4v) is 3.65. The maximum Gasteiger partial charge on any atom is 0.329 e. The van der Waals surface area contributed by atoms with Gasteiger partial charge in [-0.2, -0.15) is 0 Å². The van der Waals surface area contributed by atoms with Gasteiger partial charge in [-0.25, -0.2) is 4.79 Å². The number of amides is 3. The fourth-order valence-electron chi connectivity index (χ4n) is 3.65. The number of carbonyl (C=O) groups is 4. The normalized spacial score (nSPS) is 23.3. The summed E-state index contributed by atoms with van der Waals surface area (Å²) in [7, 11) is 0. The molecule has 1 aromatic carbocycles. The van der Waals surface area contributed by atoms with Crippen LogP contribution in [0.15, 0.2) is 30.3 Å². The molecule has 1 aliphatic heterocycles. The van der Waals surface area contributed by atoms with Crippen molar-refractivity contribution in [1.82, 2.24) is 4.90 Å². The van der Waals surface area contributed by atoms with E-state index < -0.39 is 24.5 Å². The van der Waals surface area contributed by atoms with Crippen molar-refractivity contribution in [2.75, 3.05) is 11.9 Å². The van der Waals surface area contributed by atoms with Crippen LogP contribution in [0.2, 0.25) is 0 Å². The van der Waals surface area contributed by atoms with Crippen molar-refractivity contribution >= 4 is 29.4 Å². The van der Waals surface area contributed by atoms with Crippen molar-refractivity contribution in [3.63, 3.8) is 0 Å². The molecule has 1 N–H and O–H groups in total. The molecule has 3 atom stereocenters. The van der Waals surface area contributed by atoms with Crippen LogP contribution in [-0.4, -0.2) is 41.2 Å². The number of carbonyl (C=O) groups excluding carboxylic acids is 4. The Hall–Kier alpha value is -2.70. The van der Waals surface area contributed by atoms with E-state index in [-0.39, 0.29) is 23.7 Å². The Kier molecular flexibility index (Phi) is 5.35. The van der Waals surface area contributed by atoms with E-state index in [0.717, 1.165) is 17.7 Å². The first-order valence-corrected chi connectivity index (χ1v) is 8.87. The van der Waals surface area contributed by atoms with Crippen LogP contribution >= 0.6 is 0 Å². The summed E-state index contributed by atoms with van der Waals surface area (Å²) in [5.74, 6) is -2.45. The fraction of sp³-hybridized carbons (Fsp3) is 0.474. The monoisotopic (exact) mass is 358 g/mol. The molecule has 0 bridgehead atoms. The number of nitrogens with zero attached hydrogens (tertiary/aromatic N) is 1. The number of hydrogen-bond acceptors (Lipinski definition) is 5. The van der Waals surface area contributed by atoms with E-state index in [1.165, 1.54) is 6.92 Å². The first-order valence-electron chi connectivity index (χ1n) is 8.87. The van der Waals surface area contributed by atoms with Crippen molar-refractivity contribution in [3.8, 4) is 0 Å². The van der Waals surface area contributed by atoms with E-state index >= 15 is 0 Å². The van der Waals surface area contributed by atoms with Gasteiger partial charge in [0.1, 0.15) is 6.04 Å². The summed E-state index contributed by atoms with van der Waals surface area (Å²) >= 11 is 0. The maximum atomic E-state index is 12.5. The molecule has 1 aromatic rings. The average molecular weight is 358 g/mol. The molecule has 2 aliphatic rings. The summed E-state index contributed by atoms with van der Waals surface area (Å²) in [6, 6.07) is 7.77. The first kappa shape index (κ1) is 18.1. The molecule has 138 valence electrons. The van der Waals surface area contributed by atoms with E-state index in [1.807, 2.05) is 6.07 Å². The minimum absolute atomic E-state index is 0.294. The highest BCUT2D eigenvalue weighted by molar-refractivity contribution is 6.08. The second-order valence-corrected chi connectivity index (χ2v) is 6.74. The first-order chi connectivity index (χ1) is 12.5. The van der Waals surface area contributed by atoms with E-state index in [4.69, 9.17) is 4.74 Å². The Morgan fingerprint density at radius 3 is 2.27 bits per heavy atom. The van der Waals surface area contributed by atoms with Gasteiger partial charge < -0.3 is 10.1 Å². The molecule has 2 fully saturated rings. The van der Waals surface area contributed by atoms with Crippen molar-refractivity contribution in [2.45, 2.75) is 38.6 Å². The van der Waals surface area contributed by atoms with Gasteiger partial charge in [-0.1, -0.05) is 31.0 Å². The lowest BCUT2D eigenvalue weighted by Crippen LogP contribution is -2.45. The lowest BCUT2D eigenvalue weighted by Gasteiger charge is -2.21. The van der Waals surface area contributed by atoms with E-state index in [9.17, 15) is 19.2 Å². The standard InChI is InChI=1S/C19H22N2O5/c1-12(21-17(23)14-9-5-6-10-15(14)18(21)24)19(25)26-11-16(22)20-13-7-3-2-4-8-13/h2-4,7-8,12,14-15H,5-6,9-11H2,1H3,(H,20,22)/t12-,14+,15+/m0/s1. The molecule has 7 nitrogen and oxygen atoms in total. The minimum atomic E-state index is -1.02. The van der Waals surface area contributed by atoms with Crippen LogP contribution in [0.25, 0.3) is 0 Å². The Balaban J connectivity index is 1.55. The van der Waals surface area contributed by atoms with Crippen LogP contribution in [0.3, 0.4) is 0 Å². The van der Waals surface area contributed by atoms with Gasteiger partial charge in [-0.3, -0.25) is 19.3 Å². The van der Waals surface area contributed by atoms with Gasteiger partial charge in [0.05, 0.1) is 11.8 Å². The van der Waals surface area contributed by atoms with Crippen LogP contribution in [0.4, 0.5) is 5.69 Å². The van der Waals surface area contributed by atoms with Crippen molar-refractivity contribution in [3.05, 3.63) is 30.3 Å². The Morgan fingerprint density at radius 2 is 1.69 bits per heavy atom. The maximum absolute atomic E-state index is 12.5. The second kappa shape index (κ2) is 7.68. The smallest absolute Gasteiger partial charge is 0.329 e. The number of esters is 1. The zero-order valence-corrected chi connectivity index (χ0v) is 14.6. The SMILES string of the molecule is C[C@@H](C(=O)OCC(=O)Nc1ccccc1)N1C(=O)[C@@H]2CCCC[C@H]2C1=O. The van der Waals surface area contributed by atoms with Gasteiger partial charge in [-0.15, -0.1) is 0 Å². The number of likely N-dealkylation sites (tertiary alicyclic amines) is 1. The Labute approximate surface area is 151 Å². The van der Waals surface area contributed by atoms with Crippen LogP contribution in [0.5, 0.6) is 0 Å². The van der Waals surface area contributed by atoms with Gasteiger partial charge >= 0.3 is 5.97 Å². The molecular formula is C19H22N2O5. The molecule has 1 saturated heterocycles. The third-order valence-corrected chi connectivity index (χ3v) is 5.01. The van der Waals surface area contributed by atoms with Gasteiger partial charge in [0.25, 0.3) is 5.91 Å². The van der Waals surface area contributed by atoms with Crippen molar-refractivity contribution < 1.29 is 23.9 Å². The van der Waals surface area contributed by atoms with E-state index in [1.54, 1.807) is 24.3 Å².